The number of benzene rings is 2. The molecule has 2 aliphatic carbocycles. The Balaban J connectivity index is 1.34. The first-order chi connectivity index (χ1) is 19.9. The molecule has 0 aromatic heterocycles. The van der Waals surface area contributed by atoms with Crippen LogP contribution in [0.15, 0.2) is 48.5 Å². The standard InChI is InChI=1S/C35H48Cl2N2O2/c36-30-13-9-28(10-14-30)34(17-5-18-34)32(41)27-8-2-4-22-39(24-27)33(38-21-3-1-7-26(23-38)25-40)35(19-6-20-35)29-11-15-31(37)16-12-29/h9-16,26-27,32-33,40-41H,1-8,17-25H2. The molecule has 4 aliphatic rings. The Morgan fingerprint density at radius 2 is 1.20 bits per heavy atom. The highest BCUT2D eigenvalue weighted by atomic mass is 35.5. The molecule has 4 nitrogen and oxygen atoms in total. The number of hydrogen-bond acceptors (Lipinski definition) is 4. The highest BCUT2D eigenvalue weighted by Gasteiger charge is 2.53. The highest BCUT2D eigenvalue weighted by molar-refractivity contribution is 6.30. The van der Waals surface area contributed by atoms with Crippen LogP contribution in [0.1, 0.15) is 88.2 Å². The molecule has 6 heteroatoms. The monoisotopic (exact) mass is 598 g/mol. The van der Waals surface area contributed by atoms with Gasteiger partial charge >= 0.3 is 0 Å². The molecule has 4 fully saturated rings. The van der Waals surface area contributed by atoms with Crippen molar-refractivity contribution < 1.29 is 10.2 Å². The lowest BCUT2D eigenvalue weighted by Crippen LogP contribution is -2.64. The predicted molar refractivity (Wildman–Crippen MR) is 169 cm³/mol. The number of nitrogens with zero attached hydrogens (tertiary/aromatic N) is 2. The molecule has 2 aliphatic heterocycles. The quantitative estimate of drug-likeness (QED) is 0.332. The van der Waals surface area contributed by atoms with Crippen LogP contribution in [0.3, 0.4) is 0 Å². The molecule has 2 saturated heterocycles. The van der Waals surface area contributed by atoms with E-state index < -0.39 is 0 Å². The zero-order chi connectivity index (χ0) is 28.5. The molecule has 2 aromatic rings. The number of rotatable bonds is 8. The summed E-state index contributed by atoms with van der Waals surface area (Å²) in [7, 11) is 0. The van der Waals surface area contributed by atoms with Gasteiger partial charge in [-0.1, -0.05) is 73.2 Å². The molecule has 2 heterocycles. The fraction of sp³-hybridized carbons (Fsp3) is 0.657. The molecule has 6 rings (SSSR count). The van der Waals surface area contributed by atoms with Gasteiger partial charge in [0, 0.05) is 40.6 Å². The molecule has 0 bridgehead atoms. The summed E-state index contributed by atoms with van der Waals surface area (Å²) in [5.74, 6) is 0.567. The molecule has 4 atom stereocenters. The average Bonchev–Trinajstić information content (AvgIpc) is 3.33. The fourth-order valence-electron chi connectivity index (χ4n) is 8.83. The summed E-state index contributed by atoms with van der Waals surface area (Å²) in [4.78, 5) is 5.53. The largest absolute Gasteiger partial charge is 0.396 e. The van der Waals surface area contributed by atoms with Gasteiger partial charge in [0.15, 0.2) is 0 Å². The number of aliphatic hydroxyl groups excluding tert-OH is 2. The lowest BCUT2D eigenvalue weighted by Gasteiger charge is -2.57. The van der Waals surface area contributed by atoms with E-state index in [4.69, 9.17) is 23.2 Å². The van der Waals surface area contributed by atoms with E-state index in [1.165, 1.54) is 56.1 Å². The summed E-state index contributed by atoms with van der Waals surface area (Å²) >= 11 is 12.6. The third-order valence-corrected chi connectivity index (χ3v) is 11.8. The van der Waals surface area contributed by atoms with Crippen LogP contribution in [0.25, 0.3) is 0 Å². The summed E-state index contributed by atoms with van der Waals surface area (Å²) in [6.07, 6.45) is 13.7. The first-order valence-corrected chi connectivity index (χ1v) is 17.0. The van der Waals surface area contributed by atoms with Crippen LogP contribution < -0.4 is 0 Å². The maximum absolute atomic E-state index is 12.2. The van der Waals surface area contributed by atoms with Gasteiger partial charge in [-0.05, 0) is 112 Å². The van der Waals surface area contributed by atoms with E-state index in [0.29, 0.717) is 5.92 Å². The van der Waals surface area contributed by atoms with E-state index in [9.17, 15) is 10.2 Å². The second kappa shape index (κ2) is 12.8. The molecule has 4 unspecified atom stereocenters. The van der Waals surface area contributed by atoms with E-state index >= 15 is 0 Å². The maximum Gasteiger partial charge on any atom is 0.0722 e. The predicted octanol–water partition coefficient (Wildman–Crippen LogP) is 7.42. The van der Waals surface area contributed by atoms with Crippen molar-refractivity contribution in [2.45, 2.75) is 100 Å². The lowest BCUT2D eigenvalue weighted by atomic mass is 9.58. The van der Waals surface area contributed by atoms with Gasteiger partial charge in [-0.2, -0.15) is 0 Å². The van der Waals surface area contributed by atoms with Crippen molar-refractivity contribution in [2.24, 2.45) is 11.8 Å². The molecule has 0 amide bonds. The molecule has 2 N–H and O–H groups in total. The summed E-state index contributed by atoms with van der Waals surface area (Å²) < 4.78 is 0. The summed E-state index contributed by atoms with van der Waals surface area (Å²) in [6.45, 7) is 4.29. The fourth-order valence-corrected chi connectivity index (χ4v) is 9.08. The van der Waals surface area contributed by atoms with Gasteiger partial charge < -0.3 is 10.2 Å². The van der Waals surface area contributed by atoms with Gasteiger partial charge in [-0.25, -0.2) is 0 Å². The van der Waals surface area contributed by atoms with Gasteiger partial charge in [-0.15, -0.1) is 0 Å². The van der Waals surface area contributed by atoms with Gasteiger partial charge in [0.05, 0.1) is 12.3 Å². The van der Waals surface area contributed by atoms with E-state index in [0.717, 1.165) is 68.3 Å². The molecule has 0 spiro atoms. The molecule has 2 aromatic carbocycles. The summed E-state index contributed by atoms with van der Waals surface area (Å²) in [6, 6.07) is 16.9. The Labute approximate surface area is 257 Å². The van der Waals surface area contributed by atoms with Crippen LogP contribution >= 0.6 is 23.2 Å². The van der Waals surface area contributed by atoms with Gasteiger partial charge in [0.1, 0.15) is 0 Å². The van der Waals surface area contributed by atoms with Crippen LogP contribution in [-0.4, -0.2) is 65.1 Å². The third-order valence-electron chi connectivity index (χ3n) is 11.3. The van der Waals surface area contributed by atoms with Gasteiger partial charge in [0.25, 0.3) is 0 Å². The Morgan fingerprint density at radius 3 is 1.71 bits per heavy atom. The minimum atomic E-state index is -0.360. The first kappa shape index (κ1) is 29.9. The Bertz CT molecular complexity index is 1130. The SMILES string of the molecule is OCC1CCCCN(C(N2CCCCC(C(O)C3(c4ccc(Cl)cc4)CCC3)C2)C2(c3ccc(Cl)cc3)CCC2)C1. The number of hydrogen-bond donors (Lipinski definition) is 2. The smallest absolute Gasteiger partial charge is 0.0722 e. The second-order valence-electron chi connectivity index (χ2n) is 13.6. The van der Waals surface area contributed by atoms with E-state index in [1.54, 1.807) is 0 Å². The number of halogens is 2. The van der Waals surface area contributed by atoms with Crippen LogP contribution in [-0.2, 0) is 10.8 Å². The molecule has 224 valence electrons. The summed E-state index contributed by atoms with van der Waals surface area (Å²) in [5.41, 5.74) is 2.55. The minimum absolute atomic E-state index is 0.0547. The highest BCUT2D eigenvalue weighted by Crippen LogP contribution is 2.52. The topological polar surface area (TPSA) is 46.9 Å². The zero-order valence-electron chi connectivity index (χ0n) is 24.5. The van der Waals surface area contributed by atoms with Crippen molar-refractivity contribution >= 4 is 23.2 Å². The van der Waals surface area contributed by atoms with Crippen LogP contribution in [0.2, 0.25) is 10.0 Å². The zero-order valence-corrected chi connectivity index (χ0v) is 26.0. The molecule has 2 saturated carbocycles. The molecular formula is C35H48Cl2N2O2. The van der Waals surface area contributed by atoms with Crippen LogP contribution in [0.5, 0.6) is 0 Å². The van der Waals surface area contributed by atoms with Crippen molar-refractivity contribution in [2.75, 3.05) is 32.8 Å². The lowest BCUT2D eigenvalue weighted by molar-refractivity contribution is -0.0766. The first-order valence-electron chi connectivity index (χ1n) is 16.2. The normalized spacial score (nSPS) is 28.5. The molecule has 41 heavy (non-hydrogen) atoms. The molecular weight excluding hydrogens is 551 g/mol. The second-order valence-corrected chi connectivity index (χ2v) is 14.5. The van der Waals surface area contributed by atoms with Gasteiger partial charge in [-0.3, -0.25) is 9.80 Å². The minimum Gasteiger partial charge on any atom is -0.396 e. The third kappa shape index (κ3) is 5.87. The van der Waals surface area contributed by atoms with Gasteiger partial charge in [0.2, 0.25) is 0 Å². The van der Waals surface area contributed by atoms with Crippen molar-refractivity contribution in [3.8, 4) is 0 Å². The Morgan fingerprint density at radius 1 is 0.683 bits per heavy atom. The van der Waals surface area contributed by atoms with E-state index in [2.05, 4.69) is 46.2 Å². The summed E-state index contributed by atoms with van der Waals surface area (Å²) in [5, 5.41) is 24.0. The van der Waals surface area contributed by atoms with Crippen molar-refractivity contribution in [1.29, 1.82) is 0 Å². The maximum atomic E-state index is 12.2. The van der Waals surface area contributed by atoms with Crippen LogP contribution in [0, 0.1) is 11.8 Å². The molecule has 0 radical (unpaired) electrons. The van der Waals surface area contributed by atoms with Crippen molar-refractivity contribution in [3.05, 3.63) is 69.7 Å². The Hall–Kier alpha value is -1.14. The van der Waals surface area contributed by atoms with Crippen molar-refractivity contribution in [3.63, 3.8) is 0 Å². The van der Waals surface area contributed by atoms with Crippen molar-refractivity contribution in [1.82, 2.24) is 9.80 Å². The number of likely N-dealkylation sites (tertiary alicyclic amines) is 2. The average molecular weight is 600 g/mol. The van der Waals surface area contributed by atoms with E-state index in [-0.39, 0.29) is 35.6 Å². The number of aliphatic hydroxyl groups is 2. The van der Waals surface area contributed by atoms with E-state index in [1.807, 2.05) is 12.1 Å². The Kier molecular flexibility index (Phi) is 9.37. The van der Waals surface area contributed by atoms with Crippen LogP contribution in [0.4, 0.5) is 0 Å².